The number of halogens is 1. The van der Waals surface area contributed by atoms with Crippen molar-refractivity contribution in [2.24, 2.45) is 17.8 Å². The normalized spacial score (nSPS) is 28.4. The van der Waals surface area contributed by atoms with Crippen LogP contribution in [0.3, 0.4) is 0 Å². The molecule has 4 atom stereocenters. The van der Waals surface area contributed by atoms with Crippen molar-refractivity contribution in [2.45, 2.75) is 12.5 Å². The fourth-order valence-corrected chi connectivity index (χ4v) is 2.35. The van der Waals surface area contributed by atoms with Gasteiger partial charge in [0.25, 0.3) is 0 Å². The number of hydrogen-bond donors (Lipinski definition) is 3. The Bertz CT molecular complexity index is 349. The molecule has 0 radical (unpaired) electrons. The molecule has 1 fully saturated rings. The lowest BCUT2D eigenvalue weighted by molar-refractivity contribution is -0.481. The molecule has 0 aromatic rings. The van der Waals surface area contributed by atoms with Gasteiger partial charge < -0.3 is 10.2 Å². The molecular weight excluding hydrogens is 256 g/mol. The van der Waals surface area contributed by atoms with Gasteiger partial charge in [-0.2, -0.15) is 0 Å². The summed E-state index contributed by atoms with van der Waals surface area (Å²) in [4.78, 5) is 33.3. The molecule has 96 valence electrons. The van der Waals surface area contributed by atoms with Gasteiger partial charge in [-0.25, -0.2) is 4.84 Å². The smallest absolute Gasteiger partial charge is 0.322 e. The average Bonchev–Trinajstić information content (AvgIpc) is 2.89. The molecular formula is C8H11ClN2O6. The number of hydrogen-bond acceptors (Lipinski definition) is 5. The minimum absolute atomic E-state index is 0.0387. The van der Waals surface area contributed by atoms with Crippen molar-refractivity contribution in [1.29, 1.82) is 0 Å². The van der Waals surface area contributed by atoms with E-state index in [1.54, 1.807) is 0 Å². The van der Waals surface area contributed by atoms with Crippen LogP contribution in [-0.2, 0) is 9.59 Å². The summed E-state index contributed by atoms with van der Waals surface area (Å²) in [5.74, 6) is -4.53. The van der Waals surface area contributed by atoms with Crippen LogP contribution >= 0.6 is 11.8 Å². The van der Waals surface area contributed by atoms with Crippen LogP contribution in [0.2, 0.25) is 0 Å². The maximum absolute atomic E-state index is 10.8. The maximum Gasteiger partial charge on any atom is 0.322 e. The summed E-state index contributed by atoms with van der Waals surface area (Å²) in [7, 11) is 0. The van der Waals surface area contributed by atoms with Gasteiger partial charge in [-0.15, -0.1) is 0 Å². The summed E-state index contributed by atoms with van der Waals surface area (Å²) in [6.45, 7) is -0.375. The summed E-state index contributed by atoms with van der Waals surface area (Å²) in [5, 5.41) is 27.8. The molecule has 9 heteroatoms. The lowest BCUT2D eigenvalue weighted by Crippen LogP contribution is -2.34. The van der Waals surface area contributed by atoms with Crippen molar-refractivity contribution in [3.8, 4) is 0 Å². The summed E-state index contributed by atoms with van der Waals surface area (Å²) < 4.78 is 0. The molecule has 0 spiro atoms. The van der Waals surface area contributed by atoms with Gasteiger partial charge >= 0.3 is 11.9 Å². The predicted octanol–water partition coefficient (Wildman–Crippen LogP) is -0.203. The van der Waals surface area contributed by atoms with Crippen molar-refractivity contribution in [1.82, 2.24) is 4.84 Å². The Balaban J connectivity index is 2.67. The molecule has 0 bridgehead atoms. The van der Waals surface area contributed by atoms with Crippen molar-refractivity contribution in [3.05, 3.63) is 10.1 Å². The summed E-state index contributed by atoms with van der Waals surface area (Å²) in [6.07, 6.45) is 0.0387. The number of carboxylic acids is 2. The Morgan fingerprint density at radius 3 is 2.41 bits per heavy atom. The van der Waals surface area contributed by atoms with Gasteiger partial charge in [-0.05, 0) is 17.7 Å². The summed E-state index contributed by atoms with van der Waals surface area (Å²) in [5.41, 5.74) is 0. The van der Waals surface area contributed by atoms with Crippen LogP contribution in [-0.4, -0.2) is 39.7 Å². The van der Waals surface area contributed by atoms with Gasteiger partial charge in [0.2, 0.25) is 6.54 Å². The molecule has 1 rings (SSSR count). The van der Waals surface area contributed by atoms with Crippen LogP contribution < -0.4 is 4.84 Å². The molecule has 1 aliphatic rings. The largest absolute Gasteiger partial charge is 0.481 e. The monoisotopic (exact) mass is 266 g/mol. The summed E-state index contributed by atoms with van der Waals surface area (Å²) >= 11 is 5.24. The van der Waals surface area contributed by atoms with Crippen molar-refractivity contribution >= 4 is 23.7 Å². The number of aliphatic carboxylic acids is 2. The Morgan fingerprint density at radius 1 is 1.47 bits per heavy atom. The molecule has 17 heavy (non-hydrogen) atoms. The third-order valence-electron chi connectivity index (χ3n) is 2.93. The van der Waals surface area contributed by atoms with E-state index in [1.807, 2.05) is 4.84 Å². The number of nitrogens with one attached hydrogen (secondary N) is 1. The maximum atomic E-state index is 10.8. The van der Waals surface area contributed by atoms with Crippen LogP contribution in [0.25, 0.3) is 0 Å². The first-order valence-electron chi connectivity index (χ1n) is 4.83. The molecule has 8 nitrogen and oxygen atoms in total. The van der Waals surface area contributed by atoms with E-state index in [2.05, 4.69) is 0 Å². The van der Waals surface area contributed by atoms with E-state index >= 15 is 0 Å². The van der Waals surface area contributed by atoms with E-state index in [0.717, 1.165) is 0 Å². The number of nitro groups is 1. The lowest BCUT2D eigenvalue weighted by atomic mass is 10.1. The first-order chi connectivity index (χ1) is 7.90. The van der Waals surface area contributed by atoms with E-state index in [4.69, 9.17) is 22.0 Å². The zero-order valence-electron chi connectivity index (χ0n) is 8.58. The van der Waals surface area contributed by atoms with Crippen LogP contribution in [0.4, 0.5) is 0 Å². The quantitative estimate of drug-likeness (QED) is 0.330. The predicted molar refractivity (Wildman–Crippen MR) is 55.0 cm³/mol. The highest BCUT2D eigenvalue weighted by Crippen LogP contribution is 2.51. The van der Waals surface area contributed by atoms with Crippen LogP contribution in [0.15, 0.2) is 0 Å². The summed E-state index contributed by atoms with van der Waals surface area (Å²) in [6, 6.07) is -1.20. The molecule has 4 unspecified atom stereocenters. The van der Waals surface area contributed by atoms with Gasteiger partial charge in [0.1, 0.15) is 6.04 Å². The van der Waals surface area contributed by atoms with Crippen LogP contribution in [0.1, 0.15) is 6.42 Å². The van der Waals surface area contributed by atoms with Gasteiger partial charge in [-0.1, -0.05) is 0 Å². The van der Waals surface area contributed by atoms with E-state index in [1.165, 1.54) is 0 Å². The van der Waals surface area contributed by atoms with E-state index in [9.17, 15) is 19.7 Å². The van der Waals surface area contributed by atoms with E-state index < -0.39 is 40.7 Å². The van der Waals surface area contributed by atoms with E-state index in [-0.39, 0.29) is 13.0 Å². The number of carbonyl (C=O) groups is 2. The Kier molecular flexibility index (Phi) is 4.24. The minimum Gasteiger partial charge on any atom is -0.481 e. The fraction of sp³-hybridized carbons (Fsp3) is 0.750. The zero-order valence-corrected chi connectivity index (χ0v) is 9.33. The highest BCUT2D eigenvalue weighted by Gasteiger charge is 2.60. The van der Waals surface area contributed by atoms with E-state index in [0.29, 0.717) is 0 Å². The Morgan fingerprint density at radius 2 is 2.06 bits per heavy atom. The van der Waals surface area contributed by atoms with Gasteiger partial charge in [0.15, 0.2) is 0 Å². The highest BCUT2D eigenvalue weighted by molar-refractivity contribution is 6.15. The molecule has 3 N–H and O–H groups in total. The number of rotatable bonds is 7. The van der Waals surface area contributed by atoms with Gasteiger partial charge in [-0.3, -0.25) is 19.7 Å². The van der Waals surface area contributed by atoms with Gasteiger partial charge in [0.05, 0.1) is 5.92 Å². The van der Waals surface area contributed by atoms with Crippen molar-refractivity contribution in [3.63, 3.8) is 0 Å². The standard InChI is InChI=1S/C8H11ClN2O6/c9-10-6(8(14)15)4-3(1-2-11(16)17)5(4)7(12)13/h3-6,10H,1-2H2,(H,12,13)(H,14,15). The first-order valence-corrected chi connectivity index (χ1v) is 5.21. The number of nitrogens with zero attached hydrogens (tertiary/aromatic N) is 1. The Hall–Kier alpha value is -1.41. The third kappa shape index (κ3) is 3.04. The van der Waals surface area contributed by atoms with Gasteiger partial charge in [0, 0.05) is 17.3 Å². The molecule has 1 saturated carbocycles. The molecule has 0 aliphatic heterocycles. The molecule has 0 aromatic carbocycles. The Labute approximate surface area is 101 Å². The molecule has 0 saturated heterocycles. The third-order valence-corrected chi connectivity index (χ3v) is 3.16. The van der Waals surface area contributed by atoms with Crippen molar-refractivity contribution < 1.29 is 24.7 Å². The molecule has 0 aromatic heterocycles. The number of carboxylic acid groups (broad SMARTS) is 2. The minimum atomic E-state index is -1.26. The second kappa shape index (κ2) is 5.28. The molecule has 0 amide bonds. The average molecular weight is 267 g/mol. The first kappa shape index (κ1) is 13.7. The van der Waals surface area contributed by atoms with Crippen LogP contribution in [0.5, 0.6) is 0 Å². The molecule has 1 aliphatic carbocycles. The molecule has 0 heterocycles. The topological polar surface area (TPSA) is 130 Å². The zero-order chi connectivity index (χ0) is 13.2. The highest BCUT2D eigenvalue weighted by atomic mass is 35.5. The second-order valence-electron chi connectivity index (χ2n) is 3.88. The van der Waals surface area contributed by atoms with Crippen LogP contribution in [0, 0.1) is 27.9 Å². The lowest BCUT2D eigenvalue weighted by Gasteiger charge is -2.07. The fourth-order valence-electron chi connectivity index (χ4n) is 2.11. The SMILES string of the molecule is O=C(O)C(NCl)C1C(CC[N+](=O)[O-])C1C(=O)O. The second-order valence-corrected chi connectivity index (χ2v) is 4.09. The van der Waals surface area contributed by atoms with Crippen molar-refractivity contribution in [2.75, 3.05) is 6.54 Å².